The minimum absolute atomic E-state index is 0.257. The first-order valence-corrected chi connectivity index (χ1v) is 5.57. The average Bonchev–Trinajstić information content (AvgIpc) is 2.31. The highest BCUT2D eigenvalue weighted by molar-refractivity contribution is 5.37. The molecule has 1 aromatic heterocycles. The van der Waals surface area contributed by atoms with Crippen molar-refractivity contribution in [1.29, 1.82) is 0 Å². The highest BCUT2D eigenvalue weighted by atomic mass is 19.1. The summed E-state index contributed by atoms with van der Waals surface area (Å²) in [6, 6.07) is 6.77. The van der Waals surface area contributed by atoms with Gasteiger partial charge in [0.2, 0.25) is 0 Å². The third kappa shape index (κ3) is 3.00. The van der Waals surface area contributed by atoms with E-state index in [1.807, 2.05) is 13.0 Å². The normalized spacial score (nSPS) is 12.2. The Morgan fingerprint density at radius 1 is 1.06 bits per heavy atom. The van der Waals surface area contributed by atoms with Gasteiger partial charge in [0.25, 0.3) is 0 Å². The molecule has 94 valence electrons. The third-order valence-electron chi connectivity index (χ3n) is 2.55. The van der Waals surface area contributed by atoms with Crippen LogP contribution in [0.4, 0.5) is 14.6 Å². The first-order chi connectivity index (χ1) is 8.54. The van der Waals surface area contributed by atoms with E-state index in [0.29, 0.717) is 11.4 Å². The van der Waals surface area contributed by atoms with Gasteiger partial charge >= 0.3 is 0 Å². The lowest BCUT2D eigenvalue weighted by Crippen LogP contribution is -2.09. The number of hydrogen-bond acceptors (Lipinski definition) is 3. The van der Waals surface area contributed by atoms with E-state index in [9.17, 15) is 8.78 Å². The lowest BCUT2D eigenvalue weighted by atomic mass is 10.1. The molecule has 2 rings (SSSR count). The molecule has 0 spiro atoms. The molecule has 0 unspecified atom stereocenters. The molecule has 1 atom stereocenters. The Bertz CT molecular complexity index is 520. The Kier molecular flexibility index (Phi) is 3.50. The SMILES string of the molecule is Cc1ccc(N[C@@H](C)c2cc(F)cc(F)c2)nn1. The maximum atomic E-state index is 13.1. The van der Waals surface area contributed by atoms with Gasteiger partial charge in [-0.2, -0.15) is 5.10 Å². The Morgan fingerprint density at radius 2 is 1.72 bits per heavy atom. The number of nitrogens with zero attached hydrogens (tertiary/aromatic N) is 2. The number of aryl methyl sites for hydroxylation is 1. The molecule has 1 heterocycles. The summed E-state index contributed by atoms with van der Waals surface area (Å²) in [7, 11) is 0. The second-order valence-electron chi connectivity index (χ2n) is 4.13. The summed E-state index contributed by atoms with van der Waals surface area (Å²) in [5, 5.41) is 10.9. The van der Waals surface area contributed by atoms with Gasteiger partial charge in [0.05, 0.1) is 11.7 Å². The number of halogens is 2. The Labute approximate surface area is 104 Å². The fourth-order valence-electron chi connectivity index (χ4n) is 1.61. The van der Waals surface area contributed by atoms with Gasteiger partial charge in [0, 0.05) is 6.07 Å². The van der Waals surface area contributed by atoms with Crippen LogP contribution in [-0.2, 0) is 0 Å². The van der Waals surface area contributed by atoms with Gasteiger partial charge in [0.1, 0.15) is 17.5 Å². The van der Waals surface area contributed by atoms with Crippen molar-refractivity contribution in [3.8, 4) is 0 Å². The van der Waals surface area contributed by atoms with Gasteiger partial charge in [-0.25, -0.2) is 8.78 Å². The highest BCUT2D eigenvalue weighted by Gasteiger charge is 2.09. The van der Waals surface area contributed by atoms with Gasteiger partial charge in [-0.3, -0.25) is 0 Å². The molecule has 1 N–H and O–H groups in total. The van der Waals surface area contributed by atoms with Crippen LogP contribution in [0.2, 0.25) is 0 Å². The molecule has 5 heteroatoms. The molecule has 3 nitrogen and oxygen atoms in total. The average molecular weight is 249 g/mol. The molecule has 0 radical (unpaired) electrons. The van der Waals surface area contributed by atoms with E-state index in [2.05, 4.69) is 15.5 Å². The smallest absolute Gasteiger partial charge is 0.149 e. The van der Waals surface area contributed by atoms with Crippen LogP contribution in [0.1, 0.15) is 24.2 Å². The molecule has 0 aliphatic carbocycles. The lowest BCUT2D eigenvalue weighted by molar-refractivity contribution is 0.577. The van der Waals surface area contributed by atoms with E-state index in [-0.39, 0.29) is 6.04 Å². The predicted molar refractivity (Wildman–Crippen MR) is 65.2 cm³/mol. The fourth-order valence-corrected chi connectivity index (χ4v) is 1.61. The van der Waals surface area contributed by atoms with Gasteiger partial charge in [-0.15, -0.1) is 5.10 Å². The number of rotatable bonds is 3. The largest absolute Gasteiger partial charge is 0.362 e. The van der Waals surface area contributed by atoms with Crippen molar-refractivity contribution >= 4 is 5.82 Å². The Hall–Kier alpha value is -2.04. The highest BCUT2D eigenvalue weighted by Crippen LogP contribution is 2.19. The van der Waals surface area contributed by atoms with Gasteiger partial charge in [-0.05, 0) is 43.7 Å². The van der Waals surface area contributed by atoms with Crippen LogP contribution in [-0.4, -0.2) is 10.2 Å². The van der Waals surface area contributed by atoms with Crippen molar-refractivity contribution in [2.75, 3.05) is 5.32 Å². The van der Waals surface area contributed by atoms with Gasteiger partial charge < -0.3 is 5.32 Å². The number of benzene rings is 1. The summed E-state index contributed by atoms with van der Waals surface area (Å²) in [5.41, 5.74) is 1.33. The maximum absolute atomic E-state index is 13.1. The molecule has 18 heavy (non-hydrogen) atoms. The Morgan fingerprint density at radius 3 is 2.28 bits per heavy atom. The Balaban J connectivity index is 2.16. The van der Waals surface area contributed by atoms with Crippen LogP contribution in [0.15, 0.2) is 30.3 Å². The number of hydrogen-bond donors (Lipinski definition) is 1. The third-order valence-corrected chi connectivity index (χ3v) is 2.55. The number of aromatic nitrogens is 2. The minimum Gasteiger partial charge on any atom is -0.362 e. The van der Waals surface area contributed by atoms with E-state index < -0.39 is 11.6 Å². The summed E-state index contributed by atoms with van der Waals surface area (Å²) in [6.07, 6.45) is 0. The van der Waals surface area contributed by atoms with Crippen molar-refractivity contribution in [3.63, 3.8) is 0 Å². The van der Waals surface area contributed by atoms with Crippen LogP contribution in [0.3, 0.4) is 0 Å². The molecule has 2 aromatic rings. The molecule has 1 aromatic carbocycles. The minimum atomic E-state index is -0.589. The van der Waals surface area contributed by atoms with E-state index in [1.54, 1.807) is 13.0 Å². The second-order valence-corrected chi connectivity index (χ2v) is 4.13. The van der Waals surface area contributed by atoms with E-state index in [1.165, 1.54) is 12.1 Å². The standard InChI is InChI=1S/C13H13F2N3/c1-8-3-4-13(18-17-8)16-9(2)10-5-11(14)7-12(15)6-10/h3-7,9H,1-2H3,(H,16,18)/t9-/m0/s1. The van der Waals surface area contributed by atoms with Crippen LogP contribution in [0, 0.1) is 18.6 Å². The van der Waals surface area contributed by atoms with Gasteiger partial charge in [0.15, 0.2) is 0 Å². The van der Waals surface area contributed by atoms with Crippen molar-refractivity contribution in [1.82, 2.24) is 10.2 Å². The van der Waals surface area contributed by atoms with Crippen LogP contribution in [0.25, 0.3) is 0 Å². The first-order valence-electron chi connectivity index (χ1n) is 5.57. The van der Waals surface area contributed by atoms with E-state index in [4.69, 9.17) is 0 Å². The van der Waals surface area contributed by atoms with E-state index in [0.717, 1.165) is 11.8 Å². The molecule has 0 saturated carbocycles. The van der Waals surface area contributed by atoms with Crippen molar-refractivity contribution in [2.24, 2.45) is 0 Å². The molecular weight excluding hydrogens is 236 g/mol. The summed E-state index contributed by atoms with van der Waals surface area (Å²) < 4.78 is 26.2. The van der Waals surface area contributed by atoms with Crippen LogP contribution < -0.4 is 5.32 Å². The van der Waals surface area contributed by atoms with Crippen LogP contribution in [0.5, 0.6) is 0 Å². The fraction of sp³-hybridized carbons (Fsp3) is 0.231. The van der Waals surface area contributed by atoms with E-state index >= 15 is 0 Å². The zero-order valence-electron chi connectivity index (χ0n) is 10.1. The zero-order chi connectivity index (χ0) is 13.1. The predicted octanol–water partition coefficient (Wildman–Crippen LogP) is 3.24. The van der Waals surface area contributed by atoms with Crippen molar-refractivity contribution in [2.45, 2.75) is 19.9 Å². The van der Waals surface area contributed by atoms with Crippen molar-refractivity contribution in [3.05, 3.63) is 53.2 Å². The molecule has 0 aliphatic heterocycles. The molecule has 0 bridgehead atoms. The lowest BCUT2D eigenvalue weighted by Gasteiger charge is -2.14. The molecule has 0 amide bonds. The summed E-state index contributed by atoms with van der Waals surface area (Å²) in [5.74, 6) is -0.611. The summed E-state index contributed by atoms with van der Waals surface area (Å²) >= 11 is 0. The van der Waals surface area contributed by atoms with Crippen molar-refractivity contribution < 1.29 is 8.78 Å². The zero-order valence-corrected chi connectivity index (χ0v) is 10.1. The topological polar surface area (TPSA) is 37.8 Å². The first kappa shape index (κ1) is 12.4. The molecule has 0 saturated heterocycles. The summed E-state index contributed by atoms with van der Waals surface area (Å²) in [4.78, 5) is 0. The number of anilines is 1. The molecule has 0 aliphatic rings. The quantitative estimate of drug-likeness (QED) is 0.907. The van der Waals surface area contributed by atoms with Crippen LogP contribution >= 0.6 is 0 Å². The second kappa shape index (κ2) is 5.08. The monoisotopic (exact) mass is 249 g/mol. The maximum Gasteiger partial charge on any atom is 0.149 e. The van der Waals surface area contributed by atoms with Gasteiger partial charge in [-0.1, -0.05) is 0 Å². The molecule has 0 fully saturated rings. The number of nitrogens with one attached hydrogen (secondary N) is 1. The summed E-state index contributed by atoms with van der Waals surface area (Å²) in [6.45, 7) is 3.64. The molecular formula is C13H13F2N3.